The summed E-state index contributed by atoms with van der Waals surface area (Å²) >= 11 is 9.53. The second kappa shape index (κ2) is 171. The Morgan fingerprint density at radius 2 is 0.553 bits per heavy atom. The van der Waals surface area contributed by atoms with Crippen LogP contribution in [0.5, 0.6) is 0 Å². The zero-order chi connectivity index (χ0) is 30.3. The molecule has 0 N–H and O–H groups in total. The molecule has 0 aliphatic carbocycles. The number of nitrogens with zero attached hydrogens (tertiary/aromatic N) is 1. The van der Waals surface area contributed by atoms with Crippen LogP contribution >= 0.6 is 23.2 Å². The Morgan fingerprint density at radius 1 is 0.489 bits per heavy atom. The molecule has 3 nitrogen and oxygen atoms in total. The third kappa shape index (κ3) is 323. The Balaban J connectivity index is -0.0000000183. The average molecular weight is 938 g/mol. The SMILES string of the molecule is C.C.C.C.C.C.C.C=CC.C=CC.C=CC.C=CC.CCCCCCCCCCCCCCCCCCC.ClCCl.O=N[O-].[Ag].[I-].[Na+]. The fourth-order valence-electron chi connectivity index (χ4n) is 2.80. The summed E-state index contributed by atoms with van der Waals surface area (Å²) in [7, 11) is 0. The van der Waals surface area contributed by atoms with Crippen molar-refractivity contribution in [2.45, 2.75) is 203 Å². The van der Waals surface area contributed by atoms with Crippen LogP contribution in [0.25, 0.3) is 0 Å². The second-order valence-electron chi connectivity index (χ2n) is 8.11. The maximum atomic E-state index is 8.00. The van der Waals surface area contributed by atoms with Crippen molar-refractivity contribution in [3.05, 3.63) is 60.7 Å². The van der Waals surface area contributed by atoms with Crippen LogP contribution in [0.4, 0.5) is 0 Å². The first-order valence-corrected chi connectivity index (χ1v) is 15.3. The summed E-state index contributed by atoms with van der Waals surface area (Å²) in [6.45, 7) is 25.6. The molecule has 0 saturated heterocycles. The Morgan fingerprint density at radius 3 is 0.617 bits per heavy atom. The summed E-state index contributed by atoms with van der Waals surface area (Å²) in [5, 5.41) is 9.19. The van der Waals surface area contributed by atoms with Gasteiger partial charge in [-0.05, 0) is 27.7 Å². The van der Waals surface area contributed by atoms with E-state index in [0.717, 1.165) is 5.34 Å². The molecule has 1 radical (unpaired) electrons. The second-order valence-corrected chi connectivity index (χ2v) is 8.92. The van der Waals surface area contributed by atoms with E-state index >= 15 is 0 Å². The molecule has 8 heteroatoms. The number of unbranched alkanes of at least 4 members (excludes halogenated alkanes) is 16. The van der Waals surface area contributed by atoms with E-state index < -0.39 is 0 Å². The van der Waals surface area contributed by atoms with Gasteiger partial charge in [0.2, 0.25) is 0 Å². The van der Waals surface area contributed by atoms with Crippen molar-refractivity contribution >= 4 is 23.2 Å². The molecule has 0 unspecified atom stereocenters. The molecule has 0 aromatic heterocycles. The van der Waals surface area contributed by atoms with Gasteiger partial charge in [0, 0.05) is 22.4 Å². The molecular formula is C39H94AgCl2INNaO2-. The van der Waals surface area contributed by atoms with E-state index in [0.29, 0.717) is 0 Å². The van der Waals surface area contributed by atoms with Crippen molar-refractivity contribution in [2.24, 2.45) is 5.34 Å². The monoisotopic (exact) mass is 935 g/mol. The molecule has 0 bridgehead atoms. The van der Waals surface area contributed by atoms with Gasteiger partial charge in [-0.1, -0.05) is 199 Å². The fraction of sp³-hybridized carbons (Fsp3) is 0.795. The predicted octanol–water partition coefficient (Wildman–Crippen LogP) is 12.6. The van der Waals surface area contributed by atoms with Gasteiger partial charge in [-0.3, -0.25) is 0 Å². The van der Waals surface area contributed by atoms with Crippen LogP contribution in [-0.4, -0.2) is 5.34 Å². The maximum absolute atomic E-state index is 8.00. The maximum Gasteiger partial charge on any atom is 1.00 e. The van der Waals surface area contributed by atoms with Crippen molar-refractivity contribution in [3.63, 3.8) is 0 Å². The van der Waals surface area contributed by atoms with Gasteiger partial charge in [-0.2, -0.15) is 0 Å². The molecule has 0 rings (SSSR count). The summed E-state index contributed by atoms with van der Waals surface area (Å²) in [6.07, 6.45) is 31.9. The largest absolute Gasteiger partial charge is 1.00 e. The van der Waals surface area contributed by atoms with E-state index in [1.165, 1.54) is 109 Å². The smallest absolute Gasteiger partial charge is 1.00 e. The molecule has 0 atom stereocenters. The fourth-order valence-corrected chi connectivity index (χ4v) is 2.80. The Labute approximate surface area is 369 Å². The minimum Gasteiger partial charge on any atom is -1.00 e. The first kappa shape index (κ1) is 110. The topological polar surface area (TPSA) is 52.5 Å². The first-order valence-electron chi connectivity index (χ1n) is 14.3. The van der Waals surface area contributed by atoms with Crippen LogP contribution in [0.15, 0.2) is 56.0 Å². The van der Waals surface area contributed by atoms with E-state index in [1.807, 2.05) is 27.7 Å². The standard InChI is InChI=1S/C19H40.4C3H6.CH2Cl2.7CH4.Ag.HI.HNO2.Na/c1-3-5-7-9-11-13-15-17-19-18-16-14-12-10-8-6-4-2;4*1-3-2;2-1-3;;;;;;;;;;2-1-3;/h3-19H2,1-2H3;4*3H,1H2,2H3;1H2;7*1H4;;1H;(H,2,3);/q;;;;;;;;;;;;;;;;+1/p-2. The molecule has 0 spiro atoms. The van der Waals surface area contributed by atoms with Crippen LogP contribution in [-0.2, 0) is 22.4 Å². The number of halogens is 3. The van der Waals surface area contributed by atoms with E-state index in [2.05, 4.69) is 40.2 Å². The van der Waals surface area contributed by atoms with Gasteiger partial charge in [0.05, 0.1) is 5.34 Å². The van der Waals surface area contributed by atoms with Gasteiger partial charge in [-0.15, -0.1) is 54.9 Å². The normalized spacial score (nSPS) is 6.21. The van der Waals surface area contributed by atoms with Gasteiger partial charge in [0.1, 0.15) is 0 Å². The molecular weight excluding hydrogens is 843 g/mol. The number of alkyl halides is 2. The van der Waals surface area contributed by atoms with Crippen LogP contribution < -0.4 is 53.5 Å². The van der Waals surface area contributed by atoms with Crippen molar-refractivity contribution in [1.29, 1.82) is 0 Å². The molecule has 0 aliphatic rings. The third-order valence-corrected chi connectivity index (χ3v) is 4.21. The summed E-state index contributed by atoms with van der Waals surface area (Å²) in [6, 6.07) is 0. The molecule has 0 amide bonds. The van der Waals surface area contributed by atoms with Crippen LogP contribution in [0.1, 0.15) is 203 Å². The minimum absolute atomic E-state index is 0. The zero-order valence-corrected chi connectivity index (χ0v) is 34.7. The number of rotatable bonds is 16. The summed E-state index contributed by atoms with van der Waals surface area (Å²) in [5.74, 6) is 0. The third-order valence-electron chi connectivity index (χ3n) is 4.21. The summed E-state index contributed by atoms with van der Waals surface area (Å²) in [5.41, 5.74) is 0. The molecule has 0 aromatic rings. The Kier molecular flexibility index (Phi) is 402. The van der Waals surface area contributed by atoms with Gasteiger partial charge >= 0.3 is 29.6 Å². The minimum atomic E-state index is 0. The quantitative estimate of drug-likeness (QED) is 0.0294. The molecule has 0 aromatic carbocycles. The Hall–Kier alpha value is 1.41. The van der Waals surface area contributed by atoms with Crippen molar-refractivity contribution in [1.82, 2.24) is 0 Å². The van der Waals surface area contributed by atoms with Crippen molar-refractivity contribution < 1.29 is 75.9 Å². The van der Waals surface area contributed by atoms with Gasteiger partial charge in [0.15, 0.2) is 0 Å². The molecule has 0 fully saturated rings. The summed E-state index contributed by atoms with van der Waals surface area (Å²) in [4.78, 5) is 8.00. The first-order chi connectivity index (χ1) is 17.9. The van der Waals surface area contributed by atoms with Gasteiger partial charge in [-0.25, -0.2) is 0 Å². The van der Waals surface area contributed by atoms with E-state index in [1.54, 1.807) is 24.3 Å². The van der Waals surface area contributed by atoms with Crippen LogP contribution in [0.2, 0.25) is 0 Å². The molecule has 0 saturated carbocycles. The van der Waals surface area contributed by atoms with E-state index in [4.69, 9.17) is 33.3 Å². The van der Waals surface area contributed by atoms with Crippen molar-refractivity contribution in [3.8, 4) is 0 Å². The van der Waals surface area contributed by atoms with Gasteiger partial charge in [0.25, 0.3) is 0 Å². The van der Waals surface area contributed by atoms with Gasteiger partial charge < -0.3 is 34.1 Å². The van der Waals surface area contributed by atoms with Crippen molar-refractivity contribution in [2.75, 3.05) is 5.34 Å². The molecule has 0 aliphatic heterocycles. The zero-order valence-electron chi connectivity index (χ0n) is 27.6. The molecule has 301 valence electrons. The summed E-state index contributed by atoms with van der Waals surface area (Å²) < 4.78 is 0. The predicted molar refractivity (Wildman–Crippen MR) is 226 cm³/mol. The number of hydrogen-bond donors (Lipinski definition) is 0. The van der Waals surface area contributed by atoms with Crippen LogP contribution in [0.3, 0.4) is 0 Å². The average Bonchev–Trinajstić information content (AvgIpc) is 2.85. The molecule has 0 heterocycles. The number of hydrogen-bond acceptors (Lipinski definition) is 3. The molecule has 47 heavy (non-hydrogen) atoms. The van der Waals surface area contributed by atoms with Crippen LogP contribution in [0, 0.1) is 10.1 Å². The number of allylic oxidation sites excluding steroid dienone is 4. The Bertz CT molecular complexity index is 323. The van der Waals surface area contributed by atoms with E-state index in [9.17, 15) is 0 Å². The van der Waals surface area contributed by atoms with E-state index in [-0.39, 0.29) is 133 Å².